The van der Waals surface area contributed by atoms with Crippen molar-refractivity contribution in [1.29, 1.82) is 0 Å². The number of ether oxygens (including phenoxy) is 3. The van der Waals surface area contributed by atoms with Gasteiger partial charge in [0.05, 0.1) is 57.2 Å². The zero-order valence-corrected chi connectivity index (χ0v) is 28.2. The van der Waals surface area contributed by atoms with E-state index < -0.39 is 36.5 Å². The highest BCUT2D eigenvalue weighted by molar-refractivity contribution is 6.48. The molecular formula is C34H46BN5O8. The van der Waals surface area contributed by atoms with Crippen LogP contribution in [0.15, 0.2) is 42.9 Å². The molecule has 3 heterocycles. The number of methoxy groups -OCH3 is 1. The third-order valence-electron chi connectivity index (χ3n) is 10.8. The maximum absolute atomic E-state index is 14.1. The monoisotopic (exact) mass is 663 g/mol. The SMILES string of the molecule is COc1ccc(COCC[C@H](NC(=O)C(CC(=O)N2CCOCC2)NC(=O)c2cnccn2)B2O[C@@H]3C[C@@H]4C[C@@H](C4(C)C)[C@]3(C)O2)cc1. The Balaban J connectivity index is 1.17. The third-order valence-corrected chi connectivity index (χ3v) is 10.8. The molecule has 14 heteroatoms. The summed E-state index contributed by atoms with van der Waals surface area (Å²) in [6, 6.07) is 6.46. The number of carbonyl (C=O) groups is 3. The zero-order valence-electron chi connectivity index (χ0n) is 28.2. The average Bonchev–Trinajstić information content (AvgIpc) is 3.47. The molecule has 1 aromatic carbocycles. The molecule has 2 aromatic rings. The van der Waals surface area contributed by atoms with Crippen molar-refractivity contribution in [1.82, 2.24) is 25.5 Å². The van der Waals surface area contributed by atoms with Gasteiger partial charge in [-0.25, -0.2) is 4.98 Å². The van der Waals surface area contributed by atoms with Gasteiger partial charge in [0.15, 0.2) is 0 Å². The first-order valence-electron chi connectivity index (χ1n) is 16.8. The number of nitrogens with one attached hydrogen (secondary N) is 2. The lowest BCUT2D eigenvalue weighted by molar-refractivity contribution is -0.199. The summed E-state index contributed by atoms with van der Waals surface area (Å²) in [5.74, 6) is -0.322. The minimum atomic E-state index is -1.18. The van der Waals surface area contributed by atoms with E-state index >= 15 is 0 Å². The molecule has 48 heavy (non-hydrogen) atoms. The van der Waals surface area contributed by atoms with Gasteiger partial charge in [0.1, 0.15) is 17.5 Å². The first kappa shape index (κ1) is 34.3. The van der Waals surface area contributed by atoms with Gasteiger partial charge >= 0.3 is 7.12 Å². The van der Waals surface area contributed by atoms with Gasteiger partial charge in [0.25, 0.3) is 5.91 Å². The van der Waals surface area contributed by atoms with Crippen molar-refractivity contribution in [2.75, 3.05) is 40.0 Å². The minimum Gasteiger partial charge on any atom is -0.497 e. The van der Waals surface area contributed by atoms with Crippen molar-refractivity contribution in [2.24, 2.45) is 17.3 Å². The van der Waals surface area contributed by atoms with Gasteiger partial charge in [-0.2, -0.15) is 0 Å². The van der Waals surface area contributed by atoms with E-state index in [0.29, 0.717) is 57.8 Å². The van der Waals surface area contributed by atoms with Gasteiger partial charge in [-0.15, -0.1) is 0 Å². The van der Waals surface area contributed by atoms with Gasteiger partial charge in [0.2, 0.25) is 11.8 Å². The molecule has 5 fully saturated rings. The Hall–Kier alpha value is -3.59. The molecular weight excluding hydrogens is 617 g/mol. The topological polar surface area (TPSA) is 150 Å². The molecule has 1 unspecified atom stereocenters. The smallest absolute Gasteiger partial charge is 0.481 e. The predicted octanol–water partition coefficient (Wildman–Crippen LogP) is 2.19. The molecule has 5 aliphatic rings. The van der Waals surface area contributed by atoms with Gasteiger partial charge in [-0.1, -0.05) is 26.0 Å². The lowest BCUT2D eigenvalue weighted by Crippen LogP contribution is -2.65. The number of hydrogen-bond donors (Lipinski definition) is 2. The predicted molar refractivity (Wildman–Crippen MR) is 175 cm³/mol. The summed E-state index contributed by atoms with van der Waals surface area (Å²) in [6.07, 6.45) is 6.22. The second-order valence-corrected chi connectivity index (χ2v) is 14.0. The second kappa shape index (κ2) is 14.5. The fraction of sp³-hybridized carbons (Fsp3) is 0.618. The molecule has 2 N–H and O–H groups in total. The number of morpholine rings is 1. The van der Waals surface area contributed by atoms with Crippen LogP contribution in [0.4, 0.5) is 0 Å². The van der Waals surface area contributed by atoms with Crippen LogP contribution in [-0.4, -0.2) is 103 Å². The molecule has 0 spiro atoms. The van der Waals surface area contributed by atoms with Gasteiger partial charge in [0, 0.05) is 32.1 Å². The van der Waals surface area contributed by atoms with E-state index in [-0.39, 0.29) is 29.5 Å². The first-order chi connectivity index (χ1) is 23.1. The van der Waals surface area contributed by atoms with E-state index in [4.69, 9.17) is 23.5 Å². The molecule has 7 rings (SSSR count). The van der Waals surface area contributed by atoms with Crippen molar-refractivity contribution in [3.8, 4) is 5.75 Å². The number of hydrogen-bond acceptors (Lipinski definition) is 10. The van der Waals surface area contributed by atoms with E-state index in [9.17, 15) is 14.4 Å². The molecule has 6 atom stereocenters. The number of aromatic nitrogens is 2. The van der Waals surface area contributed by atoms with Gasteiger partial charge < -0.3 is 39.1 Å². The highest BCUT2D eigenvalue weighted by Gasteiger charge is 2.68. The normalized spacial score (nSPS) is 26.9. The number of rotatable bonds is 13. The highest BCUT2D eigenvalue weighted by atomic mass is 16.7. The molecule has 2 aliphatic heterocycles. The average molecular weight is 664 g/mol. The summed E-state index contributed by atoms with van der Waals surface area (Å²) >= 11 is 0. The molecule has 0 radical (unpaired) electrons. The lowest BCUT2D eigenvalue weighted by atomic mass is 9.43. The van der Waals surface area contributed by atoms with E-state index in [1.165, 1.54) is 18.6 Å². The molecule has 2 bridgehead atoms. The maximum atomic E-state index is 14.1. The molecule has 13 nitrogen and oxygen atoms in total. The largest absolute Gasteiger partial charge is 0.497 e. The van der Waals surface area contributed by atoms with Crippen LogP contribution in [0, 0.1) is 17.3 Å². The van der Waals surface area contributed by atoms with Crippen LogP contribution >= 0.6 is 0 Å². The summed E-state index contributed by atoms with van der Waals surface area (Å²) < 4.78 is 30.0. The molecule has 2 saturated heterocycles. The van der Waals surface area contributed by atoms with Crippen molar-refractivity contribution < 1.29 is 37.9 Å². The summed E-state index contributed by atoms with van der Waals surface area (Å²) in [5.41, 5.74) is 0.693. The number of nitrogens with zero attached hydrogens (tertiary/aromatic N) is 3. The Morgan fingerprint density at radius 2 is 1.85 bits per heavy atom. The van der Waals surface area contributed by atoms with E-state index in [1.807, 2.05) is 24.3 Å². The Morgan fingerprint density at radius 1 is 1.08 bits per heavy atom. The van der Waals surface area contributed by atoms with E-state index in [2.05, 4.69) is 41.4 Å². The number of carbonyl (C=O) groups excluding carboxylic acids is 3. The van der Waals surface area contributed by atoms with Crippen LogP contribution in [0.3, 0.4) is 0 Å². The Bertz CT molecular complexity index is 1440. The summed E-state index contributed by atoms with van der Waals surface area (Å²) in [5, 5.41) is 5.81. The standard InChI is InChI=1S/C34H46BN5O8/c1-33(2)23-17-27(33)34(3)28(18-23)47-35(48-34)29(9-14-46-21-22-5-7-24(44-4)8-6-22)39-31(42)25(19-30(41)40-12-15-45-16-13-40)38-32(43)26-20-36-10-11-37-26/h5-8,10-11,20,23,25,27-29H,9,12-19,21H2,1-4H3,(H,38,43)(H,39,42)/t23-,25?,27-,28+,29-,34-/m0/s1. The van der Waals surface area contributed by atoms with Crippen molar-refractivity contribution in [2.45, 2.75) is 76.7 Å². The maximum Gasteiger partial charge on any atom is 0.481 e. The highest BCUT2D eigenvalue weighted by Crippen LogP contribution is 2.65. The quantitative estimate of drug-likeness (QED) is 0.241. The second-order valence-electron chi connectivity index (χ2n) is 14.0. The van der Waals surface area contributed by atoms with E-state index in [1.54, 1.807) is 12.0 Å². The first-order valence-corrected chi connectivity index (χ1v) is 16.8. The molecule has 3 saturated carbocycles. The number of benzene rings is 1. The number of amides is 3. The third kappa shape index (κ3) is 7.21. The van der Waals surface area contributed by atoms with Crippen molar-refractivity contribution >= 4 is 24.8 Å². The Kier molecular flexibility index (Phi) is 10.4. The van der Waals surface area contributed by atoms with Crippen LogP contribution in [-0.2, 0) is 35.0 Å². The van der Waals surface area contributed by atoms with Crippen LogP contribution in [0.2, 0.25) is 0 Å². The van der Waals surface area contributed by atoms with Crippen LogP contribution in [0.1, 0.15) is 62.5 Å². The molecule has 3 amide bonds. The Morgan fingerprint density at radius 3 is 2.54 bits per heavy atom. The lowest BCUT2D eigenvalue weighted by Gasteiger charge is -2.64. The Labute approximate surface area is 281 Å². The van der Waals surface area contributed by atoms with Crippen LogP contribution in [0.25, 0.3) is 0 Å². The molecule has 258 valence electrons. The van der Waals surface area contributed by atoms with E-state index in [0.717, 1.165) is 24.2 Å². The van der Waals surface area contributed by atoms with Gasteiger partial charge in [-0.3, -0.25) is 19.4 Å². The van der Waals surface area contributed by atoms with Crippen molar-refractivity contribution in [3.63, 3.8) is 0 Å². The van der Waals surface area contributed by atoms with Crippen LogP contribution in [0.5, 0.6) is 5.75 Å². The van der Waals surface area contributed by atoms with Gasteiger partial charge in [-0.05, 0) is 61.1 Å². The fourth-order valence-corrected chi connectivity index (χ4v) is 7.73. The summed E-state index contributed by atoms with van der Waals surface area (Å²) in [7, 11) is 0.896. The molecule has 1 aromatic heterocycles. The zero-order chi connectivity index (χ0) is 33.9. The van der Waals surface area contributed by atoms with Crippen molar-refractivity contribution in [3.05, 3.63) is 54.1 Å². The van der Waals surface area contributed by atoms with Crippen LogP contribution < -0.4 is 15.4 Å². The molecule has 3 aliphatic carbocycles. The minimum absolute atomic E-state index is 0.0404. The summed E-state index contributed by atoms with van der Waals surface area (Å²) in [4.78, 5) is 50.2. The fourth-order valence-electron chi connectivity index (χ4n) is 7.73. The summed E-state index contributed by atoms with van der Waals surface area (Å²) in [6.45, 7) is 9.08.